The lowest BCUT2D eigenvalue weighted by Crippen LogP contribution is -2.38. The molecule has 0 aliphatic carbocycles. The van der Waals surface area contributed by atoms with E-state index in [9.17, 15) is 5.11 Å². The molecule has 0 unspecified atom stereocenters. The van der Waals surface area contributed by atoms with Crippen LogP contribution in [0.4, 0.5) is 5.82 Å². The number of aromatic nitrogens is 4. The molecule has 8 nitrogen and oxygen atoms in total. The molecule has 8 heteroatoms. The van der Waals surface area contributed by atoms with Gasteiger partial charge in [0.15, 0.2) is 17.7 Å². The topological polar surface area (TPSA) is 125 Å². The predicted molar refractivity (Wildman–Crippen MR) is 63.3 cm³/mol. The molecule has 18 heavy (non-hydrogen) atoms. The molecule has 1 saturated heterocycles. The molecule has 0 amide bonds. The van der Waals surface area contributed by atoms with Gasteiger partial charge >= 0.3 is 0 Å². The van der Waals surface area contributed by atoms with Gasteiger partial charge in [-0.1, -0.05) is 0 Å². The molecule has 0 radical (unpaired) electrons. The van der Waals surface area contributed by atoms with Crippen LogP contribution < -0.4 is 11.5 Å². The molecule has 0 bridgehead atoms. The lowest BCUT2D eigenvalue weighted by molar-refractivity contribution is -0.0297. The number of nitrogens with two attached hydrogens (primary N) is 2. The smallest absolute Gasteiger partial charge is 0.167 e. The van der Waals surface area contributed by atoms with E-state index in [1.807, 2.05) is 6.92 Å². The predicted octanol–water partition coefficient (Wildman–Crippen LogP) is -0.986. The number of aliphatic hydroxyl groups excluding tert-OH is 1. The Kier molecular flexibility index (Phi) is 2.44. The molecule has 0 saturated carbocycles. The van der Waals surface area contributed by atoms with Crippen molar-refractivity contribution < 1.29 is 9.84 Å². The van der Waals surface area contributed by atoms with Crippen LogP contribution in [-0.4, -0.2) is 42.9 Å². The fourth-order valence-corrected chi connectivity index (χ4v) is 2.15. The first-order valence-corrected chi connectivity index (χ1v) is 5.61. The van der Waals surface area contributed by atoms with Crippen molar-refractivity contribution in [2.75, 3.05) is 5.73 Å². The number of nitrogens with zero attached hydrogens (tertiary/aromatic N) is 4. The second-order valence-electron chi connectivity index (χ2n) is 4.38. The van der Waals surface area contributed by atoms with Gasteiger partial charge in [0, 0.05) is 0 Å². The number of hydrogen-bond acceptors (Lipinski definition) is 7. The first kappa shape index (κ1) is 11.3. The molecule has 0 spiro atoms. The SMILES string of the molecule is C[C@H]1O[C@@H](n2cnc3c(N)ncnc32)[C@H](O)[C@H]1N. The van der Waals surface area contributed by atoms with E-state index >= 15 is 0 Å². The number of fused-ring (bicyclic) bond motifs is 1. The lowest BCUT2D eigenvalue weighted by Gasteiger charge is -2.16. The van der Waals surface area contributed by atoms with Gasteiger partial charge in [-0.15, -0.1) is 0 Å². The minimum Gasteiger partial charge on any atom is -0.387 e. The summed E-state index contributed by atoms with van der Waals surface area (Å²) in [4.78, 5) is 12.1. The molecule has 4 atom stereocenters. The van der Waals surface area contributed by atoms with Gasteiger partial charge < -0.3 is 21.3 Å². The summed E-state index contributed by atoms with van der Waals surface area (Å²) in [6.07, 6.45) is 1.22. The Balaban J connectivity index is 2.08. The van der Waals surface area contributed by atoms with Crippen LogP contribution in [0, 0.1) is 0 Å². The number of aliphatic hydroxyl groups is 1. The molecule has 1 aliphatic heterocycles. The average molecular weight is 250 g/mol. The van der Waals surface area contributed by atoms with E-state index in [-0.39, 0.29) is 6.10 Å². The Bertz CT molecular complexity index is 585. The Morgan fingerprint density at radius 3 is 2.83 bits per heavy atom. The normalized spacial score (nSPS) is 32.2. The van der Waals surface area contributed by atoms with Gasteiger partial charge in [-0.05, 0) is 6.92 Å². The Labute approximate surface area is 103 Å². The zero-order chi connectivity index (χ0) is 12.9. The van der Waals surface area contributed by atoms with Crippen LogP contribution in [0.15, 0.2) is 12.7 Å². The van der Waals surface area contributed by atoms with Crippen molar-refractivity contribution in [3.05, 3.63) is 12.7 Å². The molecule has 3 rings (SSSR count). The minimum atomic E-state index is -0.811. The first-order chi connectivity index (χ1) is 8.59. The highest BCUT2D eigenvalue weighted by molar-refractivity contribution is 5.81. The molecule has 5 N–H and O–H groups in total. The molecule has 1 fully saturated rings. The van der Waals surface area contributed by atoms with Gasteiger partial charge in [-0.3, -0.25) is 4.57 Å². The van der Waals surface area contributed by atoms with E-state index in [4.69, 9.17) is 16.2 Å². The number of hydrogen-bond donors (Lipinski definition) is 3. The second kappa shape index (κ2) is 3.87. The largest absolute Gasteiger partial charge is 0.387 e. The van der Waals surface area contributed by atoms with E-state index in [2.05, 4.69) is 15.0 Å². The van der Waals surface area contributed by atoms with Gasteiger partial charge in [-0.25, -0.2) is 15.0 Å². The maximum Gasteiger partial charge on any atom is 0.167 e. The maximum atomic E-state index is 10.1. The molecule has 3 heterocycles. The van der Waals surface area contributed by atoms with Gasteiger partial charge in [0.25, 0.3) is 0 Å². The Morgan fingerprint density at radius 1 is 1.39 bits per heavy atom. The number of rotatable bonds is 1. The van der Waals surface area contributed by atoms with Crippen molar-refractivity contribution in [1.82, 2.24) is 19.5 Å². The second-order valence-corrected chi connectivity index (χ2v) is 4.38. The van der Waals surface area contributed by atoms with Crippen molar-refractivity contribution in [2.45, 2.75) is 31.4 Å². The van der Waals surface area contributed by atoms with Gasteiger partial charge in [0.1, 0.15) is 17.9 Å². The number of nitrogen functional groups attached to an aromatic ring is 1. The highest BCUT2D eigenvalue weighted by atomic mass is 16.5. The highest BCUT2D eigenvalue weighted by Gasteiger charge is 2.40. The molecular formula is C10H14N6O2. The van der Waals surface area contributed by atoms with Crippen LogP contribution in [0.25, 0.3) is 11.2 Å². The number of imidazole rings is 1. The van der Waals surface area contributed by atoms with Gasteiger partial charge in [0.2, 0.25) is 0 Å². The third-order valence-electron chi connectivity index (χ3n) is 3.24. The highest BCUT2D eigenvalue weighted by Crippen LogP contribution is 2.30. The summed E-state index contributed by atoms with van der Waals surface area (Å²) in [5, 5.41) is 10.1. The van der Waals surface area contributed by atoms with E-state index in [0.29, 0.717) is 17.0 Å². The molecular weight excluding hydrogens is 236 g/mol. The molecule has 2 aromatic rings. The lowest BCUT2D eigenvalue weighted by atomic mass is 10.1. The van der Waals surface area contributed by atoms with Crippen molar-refractivity contribution in [1.29, 1.82) is 0 Å². The number of anilines is 1. The quantitative estimate of drug-likeness (QED) is 0.593. The molecule has 0 aromatic carbocycles. The Hall–Kier alpha value is -1.77. The zero-order valence-corrected chi connectivity index (χ0v) is 9.76. The fraction of sp³-hybridized carbons (Fsp3) is 0.500. The fourth-order valence-electron chi connectivity index (χ4n) is 2.15. The van der Waals surface area contributed by atoms with Crippen molar-refractivity contribution >= 4 is 17.0 Å². The summed E-state index contributed by atoms with van der Waals surface area (Å²) >= 11 is 0. The van der Waals surface area contributed by atoms with Crippen molar-refractivity contribution in [3.8, 4) is 0 Å². The molecule has 1 aliphatic rings. The van der Waals surface area contributed by atoms with Crippen LogP contribution in [0.3, 0.4) is 0 Å². The summed E-state index contributed by atoms with van der Waals surface area (Å²) in [6, 6.07) is -0.438. The number of ether oxygens (including phenoxy) is 1. The van der Waals surface area contributed by atoms with Crippen LogP contribution in [0.2, 0.25) is 0 Å². The van der Waals surface area contributed by atoms with Gasteiger partial charge in [0.05, 0.1) is 18.5 Å². The van der Waals surface area contributed by atoms with Crippen LogP contribution in [0.5, 0.6) is 0 Å². The third-order valence-corrected chi connectivity index (χ3v) is 3.24. The zero-order valence-electron chi connectivity index (χ0n) is 9.76. The van der Waals surface area contributed by atoms with E-state index < -0.39 is 18.4 Å². The van der Waals surface area contributed by atoms with E-state index in [0.717, 1.165) is 0 Å². The first-order valence-electron chi connectivity index (χ1n) is 5.61. The average Bonchev–Trinajstić information content (AvgIpc) is 2.88. The van der Waals surface area contributed by atoms with E-state index in [1.54, 1.807) is 4.57 Å². The summed E-state index contributed by atoms with van der Waals surface area (Å²) in [7, 11) is 0. The third kappa shape index (κ3) is 1.47. The van der Waals surface area contributed by atoms with Crippen LogP contribution in [0.1, 0.15) is 13.2 Å². The standard InChI is InChI=1S/C10H14N6O2/c1-4-5(11)7(17)10(18-4)16-3-15-6-8(12)13-2-14-9(6)16/h2-5,7,10,17H,11H2,1H3,(H2,12,13,14)/t4-,5+,7-,10-/m1/s1. The van der Waals surface area contributed by atoms with Gasteiger partial charge in [-0.2, -0.15) is 0 Å². The summed E-state index contributed by atoms with van der Waals surface area (Å²) in [6.45, 7) is 1.82. The summed E-state index contributed by atoms with van der Waals surface area (Å²) in [5.41, 5.74) is 12.5. The monoisotopic (exact) mass is 250 g/mol. The van der Waals surface area contributed by atoms with Crippen molar-refractivity contribution in [2.24, 2.45) is 5.73 Å². The Morgan fingerprint density at radius 2 is 2.17 bits per heavy atom. The maximum absolute atomic E-state index is 10.1. The summed E-state index contributed by atoms with van der Waals surface area (Å²) in [5.74, 6) is 0.295. The van der Waals surface area contributed by atoms with Crippen LogP contribution >= 0.6 is 0 Å². The minimum absolute atomic E-state index is 0.235. The van der Waals surface area contributed by atoms with E-state index in [1.165, 1.54) is 12.7 Å². The van der Waals surface area contributed by atoms with Crippen molar-refractivity contribution in [3.63, 3.8) is 0 Å². The molecule has 96 valence electrons. The molecule has 2 aromatic heterocycles. The van der Waals surface area contributed by atoms with Crippen LogP contribution in [-0.2, 0) is 4.74 Å². The summed E-state index contributed by atoms with van der Waals surface area (Å²) < 4.78 is 7.25.